The van der Waals surface area contributed by atoms with Gasteiger partial charge in [-0.2, -0.15) is 0 Å². The largest absolute Gasteiger partial charge is 0.381 e. The highest BCUT2D eigenvalue weighted by atomic mass is 19.3. The molecule has 0 amide bonds. The van der Waals surface area contributed by atoms with E-state index in [1.165, 1.54) is 211 Å². The van der Waals surface area contributed by atoms with Crippen LogP contribution in [0.5, 0.6) is 0 Å². The van der Waals surface area contributed by atoms with Gasteiger partial charge in [-0.15, -0.1) is 0 Å². The number of aryl methyl sites for hydroxylation is 4. The van der Waals surface area contributed by atoms with Gasteiger partial charge in [0.1, 0.15) is 0 Å². The lowest BCUT2D eigenvalue weighted by atomic mass is 9.92. The number of halogens is 4. The fourth-order valence-electron chi connectivity index (χ4n) is 11.6. The third-order valence-corrected chi connectivity index (χ3v) is 16.5. The zero-order valence-electron chi connectivity index (χ0n) is 48.2. The van der Waals surface area contributed by atoms with Crippen molar-refractivity contribution in [1.29, 1.82) is 0 Å². The number of fused-ring (bicyclic) bond motifs is 2. The molecule has 0 radical (unpaired) electrons. The standard InChI is InChI=1S/C12H14F2O.C12H16O.C10H12.C9H10.2C6H12.C5H8F2.C5H10O.C5H10/c13-11-7-3-4-9(12(11)14)8-15-10-5-1-2-6-10;1-2-6-11(7-3-1)10-13-12-8-4-5-9-12;1-2-6-10-8-4-3-7-9(10)5-1;1-2-5-9-7-3-6-8(9)4-1;1-6-4-2-3-5-6;1-2-4-6-5-3-1;6-5(7)3-1-2-4-5;1-2-4-6-5-3-1;1-2-4-5-3-1/h3-4,7,10H,1-2,5-6,8H2;1-3,6-7,12H,4-5,8-10H2;1-2,5-6H,3-4,7-8H2;1-2,4-5H,3,6-7H2;6H,2-5H2,1H3;1-6H2;1-4H2;1-5H2;1-5H2. The third-order valence-electron chi connectivity index (χ3n) is 16.5. The highest BCUT2D eigenvalue weighted by Gasteiger charge is 2.32. The number of benzene rings is 4. The number of ether oxygens (including phenoxy) is 3. The van der Waals surface area contributed by atoms with Crippen LogP contribution in [0.25, 0.3) is 0 Å². The SMILES string of the molecule is C1CCCC1.C1CCCCC1.C1CCOCC1.CC1CCCC1.FC1(F)CCCC1.Fc1cccc(COC2CCCC2)c1F.c1ccc(COC2CCCC2)cc1.c1ccc2c(c1)CCC2.c1ccc2c(c1)CCCC2. The van der Waals surface area contributed by atoms with Gasteiger partial charge in [0.05, 0.1) is 25.4 Å². The van der Waals surface area contributed by atoms with Crippen molar-refractivity contribution < 1.29 is 31.8 Å². The summed E-state index contributed by atoms with van der Waals surface area (Å²) in [6.45, 7) is 5.30. The second-order valence-electron chi connectivity index (χ2n) is 23.2. The van der Waals surface area contributed by atoms with Crippen molar-refractivity contribution in [2.75, 3.05) is 13.2 Å². The molecule has 4 aromatic carbocycles. The van der Waals surface area contributed by atoms with Gasteiger partial charge in [0.2, 0.25) is 5.92 Å². The van der Waals surface area contributed by atoms with Gasteiger partial charge in [-0.25, -0.2) is 17.6 Å². The lowest BCUT2D eigenvalue weighted by molar-refractivity contribution is 0.00930. The molecule has 1 saturated heterocycles. The summed E-state index contributed by atoms with van der Waals surface area (Å²) >= 11 is 0. The molecule has 0 N–H and O–H groups in total. The lowest BCUT2D eigenvalue weighted by Crippen LogP contribution is -2.08. The predicted octanol–water partition coefficient (Wildman–Crippen LogP) is 21.2. The van der Waals surface area contributed by atoms with Crippen LogP contribution < -0.4 is 0 Å². The van der Waals surface area contributed by atoms with Crippen LogP contribution in [-0.4, -0.2) is 31.3 Å². The summed E-state index contributed by atoms with van der Waals surface area (Å²) in [5, 5.41) is 0. The van der Waals surface area contributed by atoms with Crippen molar-refractivity contribution in [3.63, 3.8) is 0 Å². The summed E-state index contributed by atoms with van der Waals surface area (Å²) in [6, 6.07) is 32.1. The Hall–Kier alpha value is -3.52. The van der Waals surface area contributed by atoms with Gasteiger partial charge in [0, 0.05) is 31.6 Å². The monoisotopic (exact) mass is 1070 g/mol. The van der Waals surface area contributed by atoms with E-state index in [2.05, 4.69) is 79.7 Å². The van der Waals surface area contributed by atoms with E-state index in [4.69, 9.17) is 14.2 Å². The van der Waals surface area contributed by atoms with Crippen LogP contribution in [-0.2, 0) is 53.1 Å². The smallest absolute Gasteiger partial charge is 0.248 e. The van der Waals surface area contributed by atoms with Gasteiger partial charge in [0.15, 0.2) is 11.6 Å². The summed E-state index contributed by atoms with van der Waals surface area (Å²) in [4.78, 5) is 0. The molecule has 0 unspecified atom stereocenters. The first-order chi connectivity index (χ1) is 37.8. The van der Waals surface area contributed by atoms with Gasteiger partial charge in [-0.05, 0) is 143 Å². The molecule has 0 atom stereocenters. The number of hydrogen-bond acceptors (Lipinski definition) is 3. The van der Waals surface area contributed by atoms with Crippen molar-refractivity contribution in [3.05, 3.63) is 142 Å². The normalized spacial score (nSPS) is 20.2. The van der Waals surface area contributed by atoms with Crippen molar-refractivity contribution in [1.82, 2.24) is 0 Å². The molecule has 4 aromatic rings. The molecule has 7 heteroatoms. The molecule has 7 fully saturated rings. The van der Waals surface area contributed by atoms with Crippen molar-refractivity contribution in [2.24, 2.45) is 5.92 Å². The molecule has 9 aliphatic rings. The average Bonchev–Trinajstić information content (AvgIpc) is 4.36. The average molecular weight is 1070 g/mol. The van der Waals surface area contributed by atoms with E-state index in [1.807, 2.05) is 6.07 Å². The zero-order valence-corrected chi connectivity index (χ0v) is 48.2. The number of hydrogen-bond donors (Lipinski definition) is 0. The Kier molecular flexibility index (Phi) is 33.9. The van der Waals surface area contributed by atoms with Gasteiger partial charge in [-0.1, -0.05) is 220 Å². The zero-order chi connectivity index (χ0) is 54.3. The molecule has 0 bridgehead atoms. The Morgan fingerprint density at radius 2 is 0.792 bits per heavy atom. The van der Waals surface area contributed by atoms with E-state index < -0.39 is 17.6 Å². The van der Waals surface area contributed by atoms with E-state index in [9.17, 15) is 17.6 Å². The molecule has 1 aliphatic heterocycles. The van der Waals surface area contributed by atoms with Crippen LogP contribution in [0.4, 0.5) is 17.6 Å². The molecule has 430 valence electrons. The molecule has 3 nitrogen and oxygen atoms in total. The molecule has 13 rings (SSSR count). The third kappa shape index (κ3) is 29.5. The summed E-state index contributed by atoms with van der Waals surface area (Å²) in [5.41, 5.74) is 7.88. The minimum Gasteiger partial charge on any atom is -0.381 e. The first-order valence-electron chi connectivity index (χ1n) is 31.5. The first kappa shape index (κ1) is 64.3. The Morgan fingerprint density at radius 1 is 0.403 bits per heavy atom. The van der Waals surface area contributed by atoms with Gasteiger partial charge in [-0.3, -0.25) is 0 Å². The van der Waals surface area contributed by atoms with Crippen LogP contribution in [0.15, 0.2) is 97.1 Å². The Morgan fingerprint density at radius 3 is 1.16 bits per heavy atom. The highest BCUT2D eigenvalue weighted by molar-refractivity contribution is 5.31. The Balaban J connectivity index is 0.000000163. The number of rotatable bonds is 6. The maximum absolute atomic E-state index is 13.2. The fraction of sp³-hybridized carbons (Fsp3) is 0.657. The quantitative estimate of drug-likeness (QED) is 0.180. The molecule has 0 aromatic heterocycles. The molecular formula is C70H104F4O3. The summed E-state index contributed by atoms with van der Waals surface area (Å²) in [5.74, 6) is -2.84. The lowest BCUT2D eigenvalue weighted by Gasteiger charge is -2.13. The fourth-order valence-corrected chi connectivity index (χ4v) is 11.6. The summed E-state index contributed by atoms with van der Waals surface area (Å²) < 4.78 is 66.3. The minimum atomic E-state index is -2.31. The van der Waals surface area contributed by atoms with E-state index in [1.54, 1.807) is 28.3 Å². The van der Waals surface area contributed by atoms with Crippen LogP contribution in [0.1, 0.15) is 252 Å². The molecule has 8 aliphatic carbocycles. The Bertz CT molecular complexity index is 1930. The number of alkyl halides is 2. The van der Waals surface area contributed by atoms with E-state index >= 15 is 0 Å². The van der Waals surface area contributed by atoms with Crippen LogP contribution in [0.3, 0.4) is 0 Å². The first-order valence-corrected chi connectivity index (χ1v) is 31.5. The predicted molar refractivity (Wildman–Crippen MR) is 315 cm³/mol. The van der Waals surface area contributed by atoms with Crippen LogP contribution in [0.2, 0.25) is 0 Å². The maximum atomic E-state index is 13.2. The summed E-state index contributed by atoms with van der Waals surface area (Å²) in [6.07, 6.45) is 47.8. The van der Waals surface area contributed by atoms with Crippen molar-refractivity contribution in [2.45, 2.75) is 276 Å². The van der Waals surface area contributed by atoms with Gasteiger partial charge < -0.3 is 14.2 Å². The van der Waals surface area contributed by atoms with E-state index in [0.717, 1.165) is 44.6 Å². The maximum Gasteiger partial charge on any atom is 0.248 e. The molecule has 77 heavy (non-hydrogen) atoms. The van der Waals surface area contributed by atoms with Gasteiger partial charge >= 0.3 is 0 Å². The highest BCUT2D eigenvalue weighted by Crippen LogP contribution is 2.34. The molecular weight excluding hydrogens is 965 g/mol. The Labute approximate surface area is 466 Å². The van der Waals surface area contributed by atoms with Gasteiger partial charge in [0.25, 0.3) is 0 Å². The minimum absolute atomic E-state index is 0.118. The molecule has 1 heterocycles. The van der Waals surface area contributed by atoms with E-state index in [-0.39, 0.29) is 25.6 Å². The van der Waals surface area contributed by atoms with Crippen molar-refractivity contribution in [3.8, 4) is 0 Å². The van der Waals surface area contributed by atoms with E-state index in [0.29, 0.717) is 24.5 Å². The van der Waals surface area contributed by atoms with Crippen LogP contribution >= 0.6 is 0 Å². The second kappa shape index (κ2) is 40.6. The molecule has 0 spiro atoms. The second-order valence-corrected chi connectivity index (χ2v) is 23.2. The summed E-state index contributed by atoms with van der Waals surface area (Å²) in [7, 11) is 0. The molecule has 6 saturated carbocycles. The van der Waals surface area contributed by atoms with Crippen molar-refractivity contribution >= 4 is 0 Å². The van der Waals surface area contributed by atoms with Crippen LogP contribution in [0, 0.1) is 17.6 Å². The topological polar surface area (TPSA) is 27.7 Å².